The normalized spacial score (nSPS) is 12.0. The van der Waals surface area contributed by atoms with Crippen molar-refractivity contribution in [1.82, 2.24) is 10.2 Å². The van der Waals surface area contributed by atoms with Crippen LogP contribution >= 0.6 is 0 Å². The molecule has 1 aromatic heterocycles. The molecule has 0 aliphatic heterocycles. The molecule has 0 radical (unpaired) electrons. The monoisotopic (exact) mass is 289 g/mol. The Kier molecular flexibility index (Phi) is 4.94. The van der Waals surface area contributed by atoms with Crippen molar-refractivity contribution in [2.45, 2.75) is 20.0 Å². The lowest BCUT2D eigenvalue weighted by atomic mass is 10.1. The number of para-hydroxylation sites is 1. The summed E-state index contributed by atoms with van der Waals surface area (Å²) in [5.41, 5.74) is 1.65. The molecule has 2 aromatic rings. The summed E-state index contributed by atoms with van der Waals surface area (Å²) in [7, 11) is 1.61. The summed E-state index contributed by atoms with van der Waals surface area (Å²) < 4.78 is 10.5. The fourth-order valence-electron chi connectivity index (χ4n) is 1.94. The first-order valence-electron chi connectivity index (χ1n) is 6.77. The van der Waals surface area contributed by atoms with Crippen LogP contribution in [0.4, 0.5) is 5.82 Å². The van der Waals surface area contributed by atoms with Crippen molar-refractivity contribution in [3.63, 3.8) is 0 Å². The number of amides is 1. The van der Waals surface area contributed by atoms with Crippen LogP contribution in [0.3, 0.4) is 0 Å². The highest BCUT2D eigenvalue weighted by Gasteiger charge is 2.15. The molecule has 0 saturated carbocycles. The van der Waals surface area contributed by atoms with Crippen molar-refractivity contribution in [3.8, 4) is 17.0 Å². The second-order valence-electron chi connectivity index (χ2n) is 4.45. The third-order valence-corrected chi connectivity index (χ3v) is 3.01. The van der Waals surface area contributed by atoms with E-state index in [1.54, 1.807) is 20.1 Å². The van der Waals surface area contributed by atoms with E-state index in [0.717, 1.165) is 17.0 Å². The van der Waals surface area contributed by atoms with Crippen LogP contribution < -0.4 is 10.1 Å². The second-order valence-corrected chi connectivity index (χ2v) is 4.45. The Hall–Kier alpha value is -2.34. The topological polar surface area (TPSA) is 76.2 Å². The molecule has 2 rings (SSSR count). The van der Waals surface area contributed by atoms with Crippen molar-refractivity contribution in [3.05, 3.63) is 30.3 Å². The van der Waals surface area contributed by atoms with Crippen LogP contribution in [0.5, 0.6) is 5.75 Å². The van der Waals surface area contributed by atoms with Crippen molar-refractivity contribution in [2.75, 3.05) is 19.0 Å². The minimum absolute atomic E-state index is 0.227. The third kappa shape index (κ3) is 3.61. The molecule has 1 aromatic carbocycles. The van der Waals surface area contributed by atoms with Gasteiger partial charge in [0.2, 0.25) is 0 Å². The highest BCUT2D eigenvalue weighted by molar-refractivity contribution is 5.93. The molecule has 0 unspecified atom stereocenters. The van der Waals surface area contributed by atoms with Crippen LogP contribution in [0.15, 0.2) is 30.3 Å². The van der Waals surface area contributed by atoms with E-state index in [1.807, 2.05) is 31.2 Å². The van der Waals surface area contributed by atoms with Gasteiger partial charge in [0.1, 0.15) is 11.9 Å². The Morgan fingerprint density at radius 1 is 1.43 bits per heavy atom. The van der Waals surface area contributed by atoms with Gasteiger partial charge < -0.3 is 14.8 Å². The molecule has 1 amide bonds. The fourth-order valence-corrected chi connectivity index (χ4v) is 1.94. The zero-order valence-electron chi connectivity index (χ0n) is 12.3. The number of aromatic nitrogens is 2. The molecular formula is C15H19N3O3. The van der Waals surface area contributed by atoms with Crippen molar-refractivity contribution >= 4 is 11.7 Å². The average Bonchev–Trinajstić information content (AvgIpc) is 2.95. The van der Waals surface area contributed by atoms with Gasteiger partial charge in [-0.15, -0.1) is 0 Å². The maximum absolute atomic E-state index is 11.9. The van der Waals surface area contributed by atoms with Gasteiger partial charge in [-0.1, -0.05) is 12.1 Å². The van der Waals surface area contributed by atoms with E-state index in [-0.39, 0.29) is 5.91 Å². The standard InChI is InChI=1S/C15H19N3O3/c1-4-21-10(2)15(19)16-14-9-12(17-18-14)11-7-5-6-8-13(11)20-3/h5-10H,4H2,1-3H3,(H2,16,17,18,19)/t10-/m0/s1. The number of hydrogen-bond acceptors (Lipinski definition) is 4. The molecule has 21 heavy (non-hydrogen) atoms. The summed E-state index contributed by atoms with van der Waals surface area (Å²) in [6.45, 7) is 4.03. The van der Waals surface area contributed by atoms with E-state index in [9.17, 15) is 4.79 Å². The van der Waals surface area contributed by atoms with Gasteiger partial charge in [0.05, 0.1) is 12.8 Å². The predicted octanol–water partition coefficient (Wildman–Crippen LogP) is 2.45. The molecule has 6 nitrogen and oxygen atoms in total. The number of aromatic amines is 1. The zero-order valence-corrected chi connectivity index (χ0v) is 12.3. The molecule has 1 atom stereocenters. The number of anilines is 1. The number of carbonyl (C=O) groups is 1. The van der Waals surface area contributed by atoms with Crippen LogP contribution in [0.1, 0.15) is 13.8 Å². The van der Waals surface area contributed by atoms with Crippen molar-refractivity contribution < 1.29 is 14.3 Å². The summed E-state index contributed by atoms with van der Waals surface area (Å²) in [5.74, 6) is 0.962. The van der Waals surface area contributed by atoms with E-state index in [0.29, 0.717) is 12.4 Å². The second kappa shape index (κ2) is 6.90. The highest BCUT2D eigenvalue weighted by atomic mass is 16.5. The van der Waals surface area contributed by atoms with E-state index in [1.165, 1.54) is 0 Å². The fraction of sp³-hybridized carbons (Fsp3) is 0.333. The molecule has 0 aliphatic carbocycles. The molecule has 0 aliphatic rings. The van der Waals surface area contributed by atoms with Crippen LogP contribution in [0.25, 0.3) is 11.3 Å². The van der Waals surface area contributed by atoms with E-state index >= 15 is 0 Å². The SMILES string of the molecule is CCO[C@@H](C)C(=O)Nc1cc(-c2ccccc2OC)[nH]n1. The Bertz CT molecular complexity index is 610. The highest BCUT2D eigenvalue weighted by Crippen LogP contribution is 2.29. The Morgan fingerprint density at radius 2 is 2.19 bits per heavy atom. The lowest BCUT2D eigenvalue weighted by Gasteiger charge is -2.09. The van der Waals surface area contributed by atoms with Gasteiger partial charge in [0.15, 0.2) is 5.82 Å². The third-order valence-electron chi connectivity index (χ3n) is 3.01. The van der Waals surface area contributed by atoms with Gasteiger partial charge in [0, 0.05) is 18.2 Å². The first-order chi connectivity index (χ1) is 10.2. The lowest BCUT2D eigenvalue weighted by Crippen LogP contribution is -2.27. The number of benzene rings is 1. The van der Waals surface area contributed by atoms with E-state index in [2.05, 4.69) is 15.5 Å². The van der Waals surface area contributed by atoms with E-state index < -0.39 is 6.10 Å². The number of ether oxygens (including phenoxy) is 2. The summed E-state index contributed by atoms with van der Waals surface area (Å²) in [4.78, 5) is 11.9. The maximum atomic E-state index is 11.9. The molecule has 0 spiro atoms. The van der Waals surface area contributed by atoms with Gasteiger partial charge in [-0.25, -0.2) is 0 Å². The quantitative estimate of drug-likeness (QED) is 0.856. The van der Waals surface area contributed by atoms with Crippen molar-refractivity contribution in [1.29, 1.82) is 0 Å². The minimum atomic E-state index is -0.513. The van der Waals surface area contributed by atoms with Gasteiger partial charge in [-0.3, -0.25) is 9.89 Å². The molecule has 1 heterocycles. The number of carbonyl (C=O) groups excluding carboxylic acids is 1. The first kappa shape index (κ1) is 15.1. The van der Waals surface area contributed by atoms with Gasteiger partial charge in [-0.05, 0) is 26.0 Å². The summed E-state index contributed by atoms with van der Waals surface area (Å²) in [6.07, 6.45) is -0.513. The lowest BCUT2D eigenvalue weighted by molar-refractivity contribution is -0.126. The zero-order chi connectivity index (χ0) is 15.2. The van der Waals surface area contributed by atoms with Crippen LogP contribution in [0.2, 0.25) is 0 Å². The van der Waals surface area contributed by atoms with Crippen LogP contribution in [-0.2, 0) is 9.53 Å². The maximum Gasteiger partial charge on any atom is 0.254 e. The molecule has 0 fully saturated rings. The van der Waals surface area contributed by atoms with Gasteiger partial charge in [-0.2, -0.15) is 5.10 Å². The molecule has 112 valence electrons. The minimum Gasteiger partial charge on any atom is -0.496 e. The Morgan fingerprint density at radius 3 is 2.90 bits per heavy atom. The Balaban J connectivity index is 2.13. The smallest absolute Gasteiger partial charge is 0.254 e. The van der Waals surface area contributed by atoms with Crippen molar-refractivity contribution in [2.24, 2.45) is 0 Å². The number of nitrogens with zero attached hydrogens (tertiary/aromatic N) is 1. The summed E-state index contributed by atoms with van der Waals surface area (Å²) in [5, 5.41) is 9.68. The molecule has 0 saturated heterocycles. The number of H-pyrrole nitrogens is 1. The molecule has 0 bridgehead atoms. The number of methoxy groups -OCH3 is 1. The number of hydrogen-bond donors (Lipinski definition) is 2. The van der Waals surface area contributed by atoms with Crippen LogP contribution in [0, 0.1) is 0 Å². The first-order valence-corrected chi connectivity index (χ1v) is 6.77. The van der Waals surface area contributed by atoms with E-state index in [4.69, 9.17) is 9.47 Å². The molecule has 2 N–H and O–H groups in total. The predicted molar refractivity (Wildman–Crippen MR) is 80.3 cm³/mol. The molecule has 6 heteroatoms. The average molecular weight is 289 g/mol. The Labute approximate surface area is 123 Å². The van der Waals surface area contributed by atoms with Gasteiger partial charge >= 0.3 is 0 Å². The largest absolute Gasteiger partial charge is 0.496 e. The summed E-state index contributed by atoms with van der Waals surface area (Å²) in [6, 6.07) is 9.35. The molecular weight excluding hydrogens is 270 g/mol. The van der Waals surface area contributed by atoms with Crippen LogP contribution in [-0.4, -0.2) is 35.9 Å². The summed E-state index contributed by atoms with van der Waals surface area (Å²) >= 11 is 0. The van der Waals surface area contributed by atoms with Gasteiger partial charge in [0.25, 0.3) is 5.91 Å². The number of nitrogens with one attached hydrogen (secondary N) is 2. The number of rotatable bonds is 6.